The smallest absolute Gasteiger partial charge is 0.293 e. The fourth-order valence-corrected chi connectivity index (χ4v) is 3.17. The Morgan fingerprint density at radius 3 is 2.00 bits per heavy atom. The largest absolute Gasteiger partial charge is 0.465 e. The minimum atomic E-state index is -0.0589. The normalized spacial score (nSPS) is 38.4. The van der Waals surface area contributed by atoms with Crippen molar-refractivity contribution in [3.05, 3.63) is 0 Å². The third-order valence-electron chi connectivity index (χ3n) is 4.25. The molecule has 0 unspecified atom stereocenters. The zero-order chi connectivity index (χ0) is 12.1. The van der Waals surface area contributed by atoms with Gasteiger partial charge in [0.1, 0.15) is 13.4 Å². The fourth-order valence-electron chi connectivity index (χ4n) is 3.17. The number of aliphatic hydroxyl groups excluding tert-OH is 1. The van der Waals surface area contributed by atoms with Gasteiger partial charge in [-0.05, 0) is 25.7 Å². The maximum absolute atomic E-state index is 10.2. The summed E-state index contributed by atoms with van der Waals surface area (Å²) in [6.45, 7) is 0.581. The first kappa shape index (κ1) is 12.9. The number of hydrogen-bond acceptors (Lipinski definition) is 3. The van der Waals surface area contributed by atoms with Crippen molar-refractivity contribution in [1.82, 2.24) is 0 Å². The van der Waals surface area contributed by atoms with Gasteiger partial charge in [0, 0.05) is 0 Å². The summed E-state index contributed by atoms with van der Waals surface area (Å²) in [6, 6.07) is 0. The Morgan fingerprint density at radius 2 is 1.47 bits per heavy atom. The van der Waals surface area contributed by atoms with E-state index in [4.69, 9.17) is 4.74 Å². The summed E-state index contributed by atoms with van der Waals surface area (Å²) in [6.07, 6.45) is 8.63. The Labute approximate surface area is 104 Å². The van der Waals surface area contributed by atoms with E-state index in [0.29, 0.717) is 18.1 Å². The zero-order valence-electron chi connectivity index (χ0n) is 10.4. The van der Waals surface area contributed by atoms with Crippen LogP contribution < -0.4 is 0 Å². The van der Waals surface area contributed by atoms with E-state index in [1.807, 2.05) is 0 Å². The summed E-state index contributed by atoms with van der Waals surface area (Å²) >= 11 is 0. The number of carbonyl (C=O) groups excluding carboxylic acids is 1. The molecule has 0 spiro atoms. The molecule has 0 saturated heterocycles. The molecule has 0 aliphatic heterocycles. The van der Waals surface area contributed by atoms with Gasteiger partial charge in [0.15, 0.2) is 0 Å². The zero-order valence-corrected chi connectivity index (χ0v) is 10.4. The molecular weight excluding hydrogens is 215 g/mol. The lowest BCUT2D eigenvalue weighted by atomic mass is 9.48. The van der Waals surface area contributed by atoms with E-state index < -0.39 is 0 Å². The van der Waals surface area contributed by atoms with Gasteiger partial charge in [-0.25, -0.2) is 0 Å². The van der Waals surface area contributed by atoms with Crippen LogP contribution >= 0.6 is 0 Å². The number of rotatable bonds is 4. The molecule has 4 heteroatoms. The highest BCUT2D eigenvalue weighted by Crippen LogP contribution is 2.36. The monoisotopic (exact) mass is 237 g/mol. The van der Waals surface area contributed by atoms with Crippen LogP contribution in [0, 0.1) is 0 Å². The molecule has 2 aliphatic rings. The van der Waals surface area contributed by atoms with Crippen molar-refractivity contribution >= 4 is 13.8 Å². The van der Waals surface area contributed by atoms with E-state index in [1.165, 1.54) is 0 Å². The van der Waals surface area contributed by atoms with Crippen molar-refractivity contribution < 1.29 is 14.6 Å². The molecule has 2 aliphatic carbocycles. The van der Waals surface area contributed by atoms with Crippen LogP contribution in [-0.2, 0) is 9.53 Å². The topological polar surface area (TPSA) is 46.5 Å². The van der Waals surface area contributed by atoms with Crippen molar-refractivity contribution in [1.29, 1.82) is 0 Å². The first-order valence-electron chi connectivity index (χ1n) is 6.90. The van der Waals surface area contributed by atoms with Crippen molar-refractivity contribution in [2.75, 3.05) is 0 Å². The molecule has 2 rings (SSSR count). The molecule has 0 aromatic carbocycles. The Hall–Kier alpha value is -0.505. The highest BCUT2D eigenvalue weighted by Gasteiger charge is 2.27. The van der Waals surface area contributed by atoms with Crippen LogP contribution in [0.25, 0.3) is 0 Å². The Balaban J connectivity index is 1.66. The summed E-state index contributed by atoms with van der Waals surface area (Å²) < 4.78 is 5.01. The van der Waals surface area contributed by atoms with Gasteiger partial charge in [0.2, 0.25) is 0 Å². The predicted octanol–water partition coefficient (Wildman–Crippen LogP) is 2.32. The lowest BCUT2D eigenvalue weighted by Crippen LogP contribution is -2.25. The summed E-state index contributed by atoms with van der Waals surface area (Å²) in [5, 5.41) is 9.46. The predicted molar refractivity (Wildman–Crippen MR) is 67.1 cm³/mol. The molecule has 95 valence electrons. The minimum absolute atomic E-state index is 0.0589. The molecule has 0 heterocycles. The van der Waals surface area contributed by atoms with Crippen molar-refractivity contribution in [3.63, 3.8) is 0 Å². The van der Waals surface area contributed by atoms with Crippen LogP contribution in [0.2, 0.25) is 11.6 Å². The summed E-state index contributed by atoms with van der Waals surface area (Å²) in [7, 11) is 2.50. The van der Waals surface area contributed by atoms with Gasteiger partial charge in [-0.15, -0.1) is 0 Å². The highest BCUT2D eigenvalue weighted by atomic mass is 16.5. The minimum Gasteiger partial charge on any atom is -0.465 e. The molecule has 0 aromatic rings. The van der Waals surface area contributed by atoms with Gasteiger partial charge in [-0.2, -0.15) is 0 Å². The molecule has 1 N–H and O–H groups in total. The van der Waals surface area contributed by atoms with E-state index in [0.717, 1.165) is 51.4 Å². The van der Waals surface area contributed by atoms with E-state index in [-0.39, 0.29) is 12.2 Å². The van der Waals surface area contributed by atoms with Crippen LogP contribution in [0.1, 0.15) is 51.4 Å². The Kier molecular flexibility index (Phi) is 4.90. The molecule has 1 radical (unpaired) electrons. The molecule has 3 nitrogen and oxygen atoms in total. The van der Waals surface area contributed by atoms with Gasteiger partial charge in [-0.3, -0.25) is 4.79 Å². The second-order valence-corrected chi connectivity index (χ2v) is 5.53. The second kappa shape index (κ2) is 6.43. The van der Waals surface area contributed by atoms with Crippen molar-refractivity contribution in [2.45, 2.75) is 75.2 Å². The summed E-state index contributed by atoms with van der Waals surface area (Å²) in [5.74, 6) is 1.40. The third-order valence-corrected chi connectivity index (χ3v) is 4.25. The number of carbonyl (C=O) groups is 1. The Morgan fingerprint density at radius 1 is 0.941 bits per heavy atom. The molecule has 2 saturated carbocycles. The Bertz CT molecular complexity index is 231. The maximum Gasteiger partial charge on any atom is 0.293 e. The highest BCUT2D eigenvalue weighted by molar-refractivity contribution is 6.39. The van der Waals surface area contributed by atoms with Crippen LogP contribution in [0.15, 0.2) is 0 Å². The van der Waals surface area contributed by atoms with Gasteiger partial charge >= 0.3 is 0 Å². The van der Waals surface area contributed by atoms with Crippen molar-refractivity contribution in [2.24, 2.45) is 0 Å². The van der Waals surface area contributed by atoms with Gasteiger partial charge in [0.05, 0.1) is 6.10 Å². The summed E-state index contributed by atoms with van der Waals surface area (Å²) in [5.41, 5.74) is 0. The fraction of sp³-hybridized carbons (Fsp3) is 0.923. The quantitative estimate of drug-likeness (QED) is 0.602. The molecule has 0 atom stereocenters. The third kappa shape index (κ3) is 4.02. The van der Waals surface area contributed by atoms with E-state index >= 15 is 0 Å². The number of ether oxygens (including phenoxy) is 1. The number of hydrogen-bond donors (Lipinski definition) is 1. The lowest BCUT2D eigenvalue weighted by molar-refractivity contribution is -0.134. The molecule has 0 amide bonds. The average Bonchev–Trinajstić information content (AvgIpc) is 2.35. The van der Waals surface area contributed by atoms with E-state index in [2.05, 4.69) is 7.28 Å². The first-order valence-corrected chi connectivity index (χ1v) is 6.90. The van der Waals surface area contributed by atoms with Crippen molar-refractivity contribution in [3.8, 4) is 0 Å². The number of aliphatic hydroxyl groups is 1. The van der Waals surface area contributed by atoms with Crippen LogP contribution in [-0.4, -0.2) is 31.1 Å². The average molecular weight is 237 g/mol. The van der Waals surface area contributed by atoms with E-state index in [1.54, 1.807) is 0 Å². The molecule has 2 fully saturated rings. The maximum atomic E-state index is 10.2. The lowest BCUT2D eigenvalue weighted by Gasteiger charge is -2.31. The van der Waals surface area contributed by atoms with Gasteiger partial charge in [0.25, 0.3) is 6.47 Å². The molecule has 17 heavy (non-hydrogen) atoms. The SMILES string of the molecule is O=COC1CCC([B]C2CCC(O)CC2)CC1. The second-order valence-electron chi connectivity index (χ2n) is 5.53. The van der Waals surface area contributed by atoms with Crippen LogP contribution in [0.5, 0.6) is 0 Å². The standard InChI is InChI=1S/C13H22BO3/c15-9-17-13-7-3-11(4-8-13)14-10-1-5-12(16)6-2-10/h9-13,16H,1-8H2. The van der Waals surface area contributed by atoms with Crippen LogP contribution in [0.4, 0.5) is 0 Å². The molecular formula is C13H22BO3. The first-order chi connectivity index (χ1) is 8.28. The summed E-state index contributed by atoms with van der Waals surface area (Å²) in [4.78, 5) is 10.2. The van der Waals surface area contributed by atoms with E-state index in [9.17, 15) is 9.90 Å². The van der Waals surface area contributed by atoms with Crippen LogP contribution in [0.3, 0.4) is 0 Å². The van der Waals surface area contributed by atoms with Gasteiger partial charge in [-0.1, -0.05) is 37.3 Å². The van der Waals surface area contributed by atoms with Gasteiger partial charge < -0.3 is 9.84 Å². The molecule has 0 aromatic heterocycles. The molecule has 0 bridgehead atoms.